The number of carbonyl (C=O) groups is 1. The Morgan fingerprint density at radius 3 is 2.40 bits per heavy atom. The number of benzene rings is 1. The number of rotatable bonds is 4. The van der Waals surface area contributed by atoms with Crippen LogP contribution in [-0.2, 0) is 34.8 Å². The predicted octanol–water partition coefficient (Wildman–Crippen LogP) is 1.75. The number of hydrogen-bond acceptors (Lipinski definition) is 7. The van der Waals surface area contributed by atoms with Crippen molar-refractivity contribution < 1.29 is 22.7 Å². The van der Waals surface area contributed by atoms with Crippen LogP contribution in [0, 0.1) is 0 Å². The Hall–Kier alpha value is -2.13. The fraction of sp³-hybridized carbons (Fsp3) is 0.375. The molecule has 0 spiro atoms. The van der Waals surface area contributed by atoms with E-state index in [9.17, 15) is 13.2 Å². The van der Waals surface area contributed by atoms with Crippen LogP contribution in [0.4, 0.5) is 0 Å². The summed E-state index contributed by atoms with van der Waals surface area (Å²) in [4.78, 5) is 16.2. The van der Waals surface area contributed by atoms with Crippen molar-refractivity contribution in [3.8, 4) is 5.75 Å². The van der Waals surface area contributed by atoms with Crippen molar-refractivity contribution in [2.75, 3.05) is 7.11 Å². The van der Waals surface area contributed by atoms with Crippen molar-refractivity contribution in [2.45, 2.75) is 32.9 Å². The lowest BCUT2D eigenvalue weighted by Gasteiger charge is -2.18. The van der Waals surface area contributed by atoms with E-state index < -0.39 is 30.3 Å². The minimum Gasteiger partial charge on any atom is -0.497 e. The van der Waals surface area contributed by atoms with Crippen LogP contribution < -0.4 is 10.1 Å². The average molecular weight is 384 g/mol. The van der Waals surface area contributed by atoms with Crippen LogP contribution in [0.3, 0.4) is 0 Å². The van der Waals surface area contributed by atoms with Gasteiger partial charge < -0.3 is 14.8 Å². The first kappa shape index (κ1) is 19.2. The highest BCUT2D eigenvalue weighted by atomic mass is 32.9. The molecule has 2 rings (SSSR count). The zero-order chi connectivity index (χ0) is 18.6. The van der Waals surface area contributed by atoms with Gasteiger partial charge in [-0.3, -0.25) is 0 Å². The SMILES string of the molecule is COc1ccc(CNC2=NC(C(=O)OC(C)(C)C)=CS2=S(=O)=O)cc1. The van der Waals surface area contributed by atoms with Gasteiger partial charge in [-0.1, -0.05) is 12.1 Å². The maximum Gasteiger partial charge on any atom is 0.358 e. The second-order valence-corrected chi connectivity index (χ2v) is 9.64. The molecule has 0 aromatic heterocycles. The lowest BCUT2D eigenvalue weighted by atomic mass is 10.2. The number of nitrogens with zero attached hydrogens (tertiary/aromatic N) is 1. The maximum atomic E-state index is 12.1. The van der Waals surface area contributed by atoms with Crippen molar-refractivity contribution in [1.29, 1.82) is 0 Å². The van der Waals surface area contributed by atoms with E-state index in [0.29, 0.717) is 6.54 Å². The van der Waals surface area contributed by atoms with E-state index in [2.05, 4.69) is 10.3 Å². The number of ether oxygens (including phenoxy) is 2. The molecule has 0 saturated heterocycles. The molecule has 0 radical (unpaired) electrons. The topological polar surface area (TPSA) is 94.1 Å². The molecule has 1 N–H and O–H groups in total. The lowest BCUT2D eigenvalue weighted by Crippen LogP contribution is -2.25. The van der Waals surface area contributed by atoms with E-state index in [-0.39, 0.29) is 10.9 Å². The fourth-order valence-corrected chi connectivity index (χ4v) is 4.16. The van der Waals surface area contributed by atoms with Gasteiger partial charge in [0.1, 0.15) is 11.4 Å². The molecule has 136 valence electrons. The van der Waals surface area contributed by atoms with E-state index >= 15 is 0 Å². The van der Waals surface area contributed by atoms with Gasteiger partial charge in [0.2, 0.25) is 0 Å². The summed E-state index contributed by atoms with van der Waals surface area (Å²) in [5.74, 6) is 0.0907. The van der Waals surface area contributed by atoms with Gasteiger partial charge >= 0.3 is 5.97 Å². The van der Waals surface area contributed by atoms with Gasteiger partial charge in [0.15, 0.2) is 10.9 Å². The number of nitrogens with one attached hydrogen (secondary N) is 1. The van der Waals surface area contributed by atoms with Crippen LogP contribution in [0.25, 0.3) is 0 Å². The smallest absolute Gasteiger partial charge is 0.358 e. The van der Waals surface area contributed by atoms with Gasteiger partial charge in [-0.15, -0.1) is 0 Å². The third-order valence-corrected chi connectivity index (χ3v) is 5.98. The van der Waals surface area contributed by atoms with Gasteiger partial charge in [0, 0.05) is 21.4 Å². The molecular weight excluding hydrogens is 364 g/mol. The number of hydrogen-bond donors (Lipinski definition) is 1. The molecule has 1 aromatic carbocycles. The Morgan fingerprint density at radius 2 is 1.88 bits per heavy atom. The van der Waals surface area contributed by atoms with E-state index in [1.807, 2.05) is 24.3 Å². The molecule has 25 heavy (non-hydrogen) atoms. The van der Waals surface area contributed by atoms with Gasteiger partial charge in [-0.25, -0.2) is 9.79 Å². The van der Waals surface area contributed by atoms with Crippen LogP contribution >= 0.6 is 0 Å². The molecule has 1 aliphatic heterocycles. The first-order valence-electron chi connectivity index (χ1n) is 7.43. The Morgan fingerprint density at radius 1 is 1.24 bits per heavy atom. The number of amidine groups is 1. The van der Waals surface area contributed by atoms with E-state index in [4.69, 9.17) is 9.47 Å². The standard InChI is InChI=1S/C16H20N2O5S2/c1-16(2,3)23-14(19)13-10-24(25(20)21)15(18-13)17-9-11-5-7-12(22-4)8-6-11/h5-8,10H,9H2,1-4H3,(H,17,18). The molecule has 0 bridgehead atoms. The largest absolute Gasteiger partial charge is 0.497 e. The summed E-state index contributed by atoms with van der Waals surface area (Å²) in [7, 11) is -2.14. The molecule has 1 heterocycles. The molecule has 1 unspecified atom stereocenters. The third-order valence-electron chi connectivity index (χ3n) is 2.99. The summed E-state index contributed by atoms with van der Waals surface area (Å²) in [5, 5.41) is 4.52. The zero-order valence-electron chi connectivity index (χ0n) is 14.4. The zero-order valence-corrected chi connectivity index (χ0v) is 16.0. The third kappa shape index (κ3) is 5.43. The Bertz CT molecular complexity index is 855. The van der Waals surface area contributed by atoms with Gasteiger partial charge in [0.25, 0.3) is 9.26 Å². The molecule has 1 aliphatic rings. The molecule has 0 aliphatic carbocycles. The maximum absolute atomic E-state index is 12.1. The Balaban J connectivity index is 2.14. The van der Waals surface area contributed by atoms with Crippen LogP contribution in [0.15, 0.2) is 40.4 Å². The van der Waals surface area contributed by atoms with Gasteiger partial charge in [-0.05, 0) is 38.5 Å². The second kappa shape index (κ2) is 7.83. The Kier molecular flexibility index (Phi) is 6.02. The van der Waals surface area contributed by atoms with Crippen LogP contribution in [-0.4, -0.2) is 32.3 Å². The highest BCUT2D eigenvalue weighted by Gasteiger charge is 2.25. The van der Waals surface area contributed by atoms with Crippen molar-refractivity contribution >= 4 is 29.9 Å². The minimum atomic E-state index is -2.41. The van der Waals surface area contributed by atoms with Crippen LogP contribution in [0.2, 0.25) is 0 Å². The number of esters is 1. The molecule has 1 aromatic rings. The first-order chi connectivity index (χ1) is 11.7. The quantitative estimate of drug-likeness (QED) is 0.795. The van der Waals surface area contributed by atoms with E-state index in [0.717, 1.165) is 11.3 Å². The summed E-state index contributed by atoms with van der Waals surface area (Å²) >= 11 is 0. The Labute approximate surface area is 149 Å². The number of methoxy groups -OCH3 is 1. The normalized spacial score (nSPS) is 16.7. The van der Waals surface area contributed by atoms with Crippen molar-refractivity contribution in [3.05, 3.63) is 40.9 Å². The van der Waals surface area contributed by atoms with Crippen molar-refractivity contribution in [2.24, 2.45) is 4.99 Å². The minimum absolute atomic E-state index is 0.000288. The summed E-state index contributed by atoms with van der Waals surface area (Å²) in [6.45, 7) is 5.58. The average Bonchev–Trinajstić information content (AvgIpc) is 2.96. The highest BCUT2D eigenvalue weighted by molar-refractivity contribution is 8.43. The molecule has 9 heteroatoms. The predicted molar refractivity (Wildman–Crippen MR) is 97.5 cm³/mol. The second-order valence-electron chi connectivity index (χ2n) is 6.13. The van der Waals surface area contributed by atoms with E-state index in [1.54, 1.807) is 27.9 Å². The fourth-order valence-electron chi connectivity index (χ4n) is 1.90. The molecule has 1 atom stereocenters. The highest BCUT2D eigenvalue weighted by Crippen LogP contribution is 2.18. The van der Waals surface area contributed by atoms with Crippen LogP contribution in [0.1, 0.15) is 26.3 Å². The van der Waals surface area contributed by atoms with Crippen molar-refractivity contribution in [3.63, 3.8) is 0 Å². The molecule has 0 fully saturated rings. The van der Waals surface area contributed by atoms with E-state index in [1.165, 1.54) is 5.41 Å². The summed E-state index contributed by atoms with van der Waals surface area (Å²) in [6.07, 6.45) is 0. The van der Waals surface area contributed by atoms with Crippen molar-refractivity contribution in [1.82, 2.24) is 5.32 Å². The van der Waals surface area contributed by atoms with Crippen LogP contribution in [0.5, 0.6) is 5.75 Å². The molecule has 0 saturated carbocycles. The number of aliphatic imine (C=N–C) groups is 1. The molecule has 7 nitrogen and oxygen atoms in total. The van der Waals surface area contributed by atoms with Gasteiger partial charge in [0.05, 0.1) is 7.11 Å². The molecule has 0 amide bonds. The lowest BCUT2D eigenvalue weighted by molar-refractivity contribution is -0.149. The first-order valence-corrected chi connectivity index (χ1v) is 10.3. The summed E-state index contributed by atoms with van der Waals surface area (Å²) in [5.41, 5.74) is 0.247. The molecular formula is C16H20N2O5S2. The number of carbonyl (C=O) groups excluding carboxylic acids is 1. The summed E-state index contributed by atoms with van der Waals surface area (Å²) < 4.78 is 33.2. The summed E-state index contributed by atoms with van der Waals surface area (Å²) in [6, 6.07) is 7.33. The van der Waals surface area contributed by atoms with Gasteiger partial charge in [-0.2, -0.15) is 8.42 Å². The monoisotopic (exact) mass is 384 g/mol.